The molecular weight excluding hydrogens is 695 g/mol. The third-order valence-electron chi connectivity index (χ3n) is 14.3. The number of hydrogen-bond donors (Lipinski definition) is 3. The van der Waals surface area contributed by atoms with Crippen LogP contribution >= 0.6 is 23.5 Å². The van der Waals surface area contributed by atoms with E-state index in [0.29, 0.717) is 35.1 Å². The summed E-state index contributed by atoms with van der Waals surface area (Å²) in [7, 11) is 0. The van der Waals surface area contributed by atoms with Gasteiger partial charge in [-0.1, -0.05) is 114 Å². The average Bonchev–Trinajstić information content (AvgIpc) is 3.86. The van der Waals surface area contributed by atoms with Crippen molar-refractivity contribution in [3.8, 4) is 0 Å². The van der Waals surface area contributed by atoms with Crippen LogP contribution in [0.4, 0.5) is 0 Å². The lowest BCUT2D eigenvalue weighted by Gasteiger charge is -2.50. The Morgan fingerprint density at radius 3 is 2.21 bits per heavy atom. The highest BCUT2D eigenvalue weighted by molar-refractivity contribution is 8.07. The van der Waals surface area contributed by atoms with Gasteiger partial charge in [0.2, 0.25) is 5.91 Å². The quantitative estimate of drug-likeness (QED) is 0.203. The minimum Gasteiger partial charge on any atom is -0.352 e. The Bertz CT molecular complexity index is 1280. The summed E-state index contributed by atoms with van der Waals surface area (Å²) in [5.41, 5.74) is 0.351. The number of piperidine rings is 2. The van der Waals surface area contributed by atoms with E-state index in [4.69, 9.17) is 0 Å². The first kappa shape index (κ1) is 39.9. The monoisotopic (exact) mass is 766 g/mol. The van der Waals surface area contributed by atoms with Crippen LogP contribution in [0.25, 0.3) is 0 Å². The number of hydrogen-bond acceptors (Lipinski definition) is 7. The van der Waals surface area contributed by atoms with Crippen molar-refractivity contribution in [2.45, 2.75) is 177 Å². The average molecular weight is 766 g/mol. The van der Waals surface area contributed by atoms with Crippen molar-refractivity contribution in [1.29, 1.82) is 0 Å². The molecule has 2 saturated carbocycles. The predicted octanol–water partition coefficient (Wildman–Crippen LogP) is 9.49. The number of carbonyl (C=O) groups is 2. The number of thioether (sulfide) groups is 2. The van der Waals surface area contributed by atoms with Crippen LogP contribution < -0.4 is 16.0 Å². The lowest BCUT2D eigenvalue weighted by molar-refractivity contribution is -0.134. The van der Waals surface area contributed by atoms with Crippen LogP contribution in [0.1, 0.15) is 161 Å². The maximum atomic E-state index is 14.2. The van der Waals surface area contributed by atoms with Crippen LogP contribution in [0.3, 0.4) is 0 Å². The summed E-state index contributed by atoms with van der Waals surface area (Å²) in [6.45, 7) is 3.66. The number of allylic oxidation sites excluding steroid dienone is 2. The fourth-order valence-corrected chi connectivity index (χ4v) is 13.9. The lowest BCUT2D eigenvalue weighted by Crippen LogP contribution is -2.62. The van der Waals surface area contributed by atoms with Crippen LogP contribution in [0.5, 0.6) is 0 Å². The maximum absolute atomic E-state index is 14.2. The smallest absolute Gasteiger partial charge is 0.257 e. The first-order valence-electron chi connectivity index (χ1n) is 22.4. The molecule has 5 fully saturated rings. The summed E-state index contributed by atoms with van der Waals surface area (Å²) >= 11 is 3.74. The molecule has 5 heterocycles. The molecule has 5 aliphatic heterocycles. The van der Waals surface area contributed by atoms with Crippen LogP contribution in [0.15, 0.2) is 27.1 Å². The van der Waals surface area contributed by atoms with Gasteiger partial charge in [0.25, 0.3) is 5.91 Å². The minimum absolute atomic E-state index is 0.0277. The normalized spacial score (nSPS) is 32.2. The van der Waals surface area contributed by atoms with Gasteiger partial charge in [0.1, 0.15) is 0 Å². The summed E-state index contributed by atoms with van der Waals surface area (Å²) in [6.07, 6.45) is 38.5. The Morgan fingerprint density at radius 1 is 0.830 bits per heavy atom. The Balaban J connectivity index is 0.885. The number of amides is 2. The van der Waals surface area contributed by atoms with Gasteiger partial charge in [-0.05, 0) is 82.0 Å². The summed E-state index contributed by atoms with van der Waals surface area (Å²) in [5.74, 6) is 3.65. The molecule has 0 aromatic heterocycles. The summed E-state index contributed by atoms with van der Waals surface area (Å²) < 4.78 is 0. The topological polar surface area (TPSA) is 85.8 Å². The molecular formula is C44H71N5O2S2. The number of nitrogens with zero attached hydrogens (tertiary/aromatic N) is 2. The molecule has 7 aliphatic rings. The van der Waals surface area contributed by atoms with Gasteiger partial charge in [-0.15, -0.1) is 11.8 Å². The van der Waals surface area contributed by atoms with Gasteiger partial charge in [-0.25, -0.2) is 0 Å². The largest absolute Gasteiger partial charge is 0.352 e. The zero-order valence-electron chi connectivity index (χ0n) is 32.9. The SMILES string of the molecule is O=C(NCCCCC1CCN(C(=O)C2CSC(C3CCCCCCCC3)(C3CCC4(CCCCCCCCC4)NC3)N2)CC1)C1=CC2CC=NC=C2S1. The number of nitrogens with one attached hydrogen (secondary N) is 3. The highest BCUT2D eigenvalue weighted by Gasteiger charge is 2.54. The Labute approximate surface area is 330 Å². The fraction of sp³-hybridized carbons (Fsp3) is 0.841. The highest BCUT2D eigenvalue weighted by Crippen LogP contribution is 2.51. The van der Waals surface area contributed by atoms with Crippen molar-refractivity contribution < 1.29 is 9.59 Å². The Morgan fingerprint density at radius 2 is 1.53 bits per heavy atom. The third kappa shape index (κ3) is 10.4. The van der Waals surface area contributed by atoms with Crippen molar-refractivity contribution >= 4 is 41.6 Å². The van der Waals surface area contributed by atoms with Crippen molar-refractivity contribution in [2.75, 3.05) is 31.9 Å². The molecule has 296 valence electrons. The number of rotatable bonds is 9. The molecule has 3 N–H and O–H groups in total. The van der Waals surface area contributed by atoms with Crippen molar-refractivity contribution in [1.82, 2.24) is 20.9 Å². The van der Waals surface area contributed by atoms with Gasteiger partial charge < -0.3 is 15.5 Å². The molecule has 4 atom stereocenters. The third-order valence-corrected chi connectivity index (χ3v) is 17.3. The molecule has 0 aromatic carbocycles. The second kappa shape index (κ2) is 19.7. The molecule has 53 heavy (non-hydrogen) atoms. The van der Waals surface area contributed by atoms with Crippen LogP contribution in [-0.2, 0) is 9.59 Å². The van der Waals surface area contributed by atoms with Gasteiger partial charge in [-0.2, -0.15) is 0 Å². The van der Waals surface area contributed by atoms with Gasteiger partial charge in [0.15, 0.2) is 0 Å². The molecule has 3 saturated heterocycles. The molecule has 0 radical (unpaired) electrons. The highest BCUT2D eigenvalue weighted by atomic mass is 32.2. The zero-order chi connectivity index (χ0) is 36.4. The molecule has 0 bridgehead atoms. The second-order valence-electron chi connectivity index (χ2n) is 17.9. The lowest BCUT2D eigenvalue weighted by atomic mass is 9.72. The Hall–Kier alpha value is -1.29. The second-order valence-corrected chi connectivity index (χ2v) is 20.3. The maximum Gasteiger partial charge on any atom is 0.257 e. The number of likely N-dealkylation sites (tertiary alicyclic amines) is 1. The Kier molecular flexibility index (Phi) is 14.9. The van der Waals surface area contributed by atoms with E-state index in [1.807, 2.05) is 12.4 Å². The molecule has 2 amide bonds. The molecule has 7 rings (SSSR count). The van der Waals surface area contributed by atoms with Crippen molar-refractivity contribution in [3.63, 3.8) is 0 Å². The molecule has 0 aromatic rings. The fourth-order valence-electron chi connectivity index (χ4n) is 11.0. The van der Waals surface area contributed by atoms with Crippen LogP contribution in [0, 0.1) is 23.7 Å². The molecule has 7 nitrogen and oxygen atoms in total. The van der Waals surface area contributed by atoms with E-state index < -0.39 is 0 Å². The first-order valence-corrected chi connectivity index (χ1v) is 24.2. The van der Waals surface area contributed by atoms with Crippen molar-refractivity contribution in [3.05, 3.63) is 22.1 Å². The summed E-state index contributed by atoms with van der Waals surface area (Å²) in [4.78, 5) is 35.5. The van der Waals surface area contributed by atoms with E-state index in [2.05, 4.69) is 43.7 Å². The summed E-state index contributed by atoms with van der Waals surface area (Å²) in [6, 6.07) is -0.0433. The van der Waals surface area contributed by atoms with E-state index in [1.54, 1.807) is 11.8 Å². The first-order chi connectivity index (χ1) is 26.0. The number of unbranched alkanes of at least 4 members (excludes halogenated alkanes) is 1. The van der Waals surface area contributed by atoms with E-state index >= 15 is 0 Å². The molecule has 2 aliphatic carbocycles. The molecule has 1 spiro atoms. The predicted molar refractivity (Wildman–Crippen MR) is 224 cm³/mol. The zero-order valence-corrected chi connectivity index (χ0v) is 34.5. The van der Waals surface area contributed by atoms with E-state index in [-0.39, 0.29) is 16.8 Å². The number of carbonyl (C=O) groups excluding carboxylic acids is 2. The molecule has 9 heteroatoms. The van der Waals surface area contributed by atoms with Gasteiger partial charge in [-0.3, -0.25) is 19.9 Å². The van der Waals surface area contributed by atoms with Gasteiger partial charge in [0, 0.05) is 60.7 Å². The van der Waals surface area contributed by atoms with Crippen LogP contribution in [0.2, 0.25) is 0 Å². The van der Waals surface area contributed by atoms with Crippen molar-refractivity contribution in [2.24, 2.45) is 28.7 Å². The number of fused-ring (bicyclic) bond motifs is 1. The van der Waals surface area contributed by atoms with E-state index in [9.17, 15) is 9.59 Å². The van der Waals surface area contributed by atoms with Crippen LogP contribution in [-0.4, -0.2) is 71.3 Å². The van der Waals surface area contributed by atoms with Gasteiger partial charge >= 0.3 is 0 Å². The van der Waals surface area contributed by atoms with E-state index in [0.717, 1.165) is 68.9 Å². The molecule has 4 unspecified atom stereocenters. The van der Waals surface area contributed by atoms with Gasteiger partial charge in [0.05, 0.1) is 15.8 Å². The standard InChI is InChI=1S/C44H71N5O2S2/c50-41(39-30-35-20-27-45-32-40(35)53-39)46-26-15-12-16-34-21-28-49(29-22-34)42(51)38-33-52-44(48-38,36-17-10-6-2-3-7-11-18-36)37-19-25-43(47-31-37)23-13-8-4-1-5-9-14-24-43/h27,30,32,34-38,47-48H,1-26,28-29,31,33H2,(H,46,50). The summed E-state index contributed by atoms with van der Waals surface area (Å²) in [5, 5.41) is 11.6. The van der Waals surface area contributed by atoms with E-state index in [1.165, 1.54) is 133 Å². The minimum atomic E-state index is -0.0433. The number of aliphatic imine (C=N–C) groups is 1.